The van der Waals surface area contributed by atoms with Crippen molar-refractivity contribution in [2.24, 2.45) is 0 Å². The lowest BCUT2D eigenvalue weighted by Gasteiger charge is -2.10. The highest BCUT2D eigenvalue weighted by atomic mass is 16.5. The van der Waals surface area contributed by atoms with Crippen LogP contribution in [0.15, 0.2) is 36.4 Å². The Labute approximate surface area is 105 Å². The molecule has 2 aromatic rings. The van der Waals surface area contributed by atoms with Crippen molar-refractivity contribution < 1.29 is 14.6 Å². The van der Waals surface area contributed by atoms with Gasteiger partial charge in [-0.2, -0.15) is 0 Å². The summed E-state index contributed by atoms with van der Waals surface area (Å²) in [5.74, 6) is -0.0274. The maximum Gasteiger partial charge on any atom is 0.317 e. The Hall–Kier alpha value is -2.07. The van der Waals surface area contributed by atoms with Gasteiger partial charge < -0.3 is 15.2 Å². The molecule has 4 heteroatoms. The topological polar surface area (TPSA) is 58.6 Å². The zero-order valence-corrected chi connectivity index (χ0v) is 10.1. The van der Waals surface area contributed by atoms with Gasteiger partial charge >= 0.3 is 5.97 Å². The molecule has 0 bridgehead atoms. The van der Waals surface area contributed by atoms with Gasteiger partial charge in [-0.1, -0.05) is 30.3 Å². The number of carboxylic acids is 1. The lowest BCUT2D eigenvalue weighted by molar-refractivity contribution is -0.135. The third-order valence-corrected chi connectivity index (χ3v) is 2.79. The number of carbonyl (C=O) groups is 1. The lowest BCUT2D eigenvalue weighted by Crippen LogP contribution is -2.21. The quantitative estimate of drug-likeness (QED) is 0.846. The molecular formula is C14H15NO3. The van der Waals surface area contributed by atoms with Crippen LogP contribution in [-0.4, -0.2) is 24.7 Å². The van der Waals surface area contributed by atoms with Crippen molar-refractivity contribution in [3.05, 3.63) is 42.0 Å². The highest BCUT2D eigenvalue weighted by Gasteiger charge is 2.06. The van der Waals surface area contributed by atoms with Gasteiger partial charge in [-0.3, -0.25) is 4.79 Å². The number of ether oxygens (including phenoxy) is 1. The van der Waals surface area contributed by atoms with Crippen LogP contribution >= 0.6 is 0 Å². The molecule has 94 valence electrons. The third-order valence-electron chi connectivity index (χ3n) is 2.79. The first kappa shape index (κ1) is 12.4. The fourth-order valence-corrected chi connectivity index (χ4v) is 1.97. The molecule has 2 rings (SSSR count). The summed E-state index contributed by atoms with van der Waals surface area (Å²) in [4.78, 5) is 10.5. The minimum atomic E-state index is -0.854. The minimum absolute atomic E-state index is 0.0413. The van der Waals surface area contributed by atoms with Gasteiger partial charge in [-0.05, 0) is 17.0 Å². The highest BCUT2D eigenvalue weighted by molar-refractivity contribution is 5.91. The van der Waals surface area contributed by atoms with Crippen LogP contribution in [0.1, 0.15) is 5.56 Å². The van der Waals surface area contributed by atoms with E-state index in [0.717, 1.165) is 22.1 Å². The number of methoxy groups -OCH3 is 1. The van der Waals surface area contributed by atoms with Crippen molar-refractivity contribution in [2.75, 3.05) is 13.7 Å². The van der Waals surface area contributed by atoms with E-state index in [1.165, 1.54) is 0 Å². The molecule has 0 heterocycles. The van der Waals surface area contributed by atoms with Gasteiger partial charge in [0.05, 0.1) is 13.7 Å². The molecule has 0 spiro atoms. The molecule has 0 saturated heterocycles. The maximum atomic E-state index is 10.5. The first-order valence-electron chi connectivity index (χ1n) is 5.69. The van der Waals surface area contributed by atoms with Crippen LogP contribution in [0.4, 0.5) is 0 Å². The molecule has 0 aliphatic carbocycles. The first-order valence-corrected chi connectivity index (χ1v) is 5.69. The van der Waals surface area contributed by atoms with E-state index in [9.17, 15) is 4.79 Å². The van der Waals surface area contributed by atoms with E-state index in [-0.39, 0.29) is 6.54 Å². The van der Waals surface area contributed by atoms with Crippen molar-refractivity contribution in [3.63, 3.8) is 0 Å². The number of hydrogen-bond acceptors (Lipinski definition) is 3. The van der Waals surface area contributed by atoms with E-state index in [4.69, 9.17) is 9.84 Å². The van der Waals surface area contributed by atoms with E-state index in [1.54, 1.807) is 7.11 Å². The predicted molar refractivity (Wildman–Crippen MR) is 69.8 cm³/mol. The summed E-state index contributed by atoms with van der Waals surface area (Å²) in [6, 6.07) is 11.8. The fourth-order valence-electron chi connectivity index (χ4n) is 1.97. The SMILES string of the molecule is COc1ccc(CNCC(=O)O)c2ccccc12. The Morgan fingerprint density at radius 1 is 1.22 bits per heavy atom. The molecule has 0 atom stereocenters. The van der Waals surface area contributed by atoms with Crippen LogP contribution < -0.4 is 10.1 Å². The second-order valence-electron chi connectivity index (χ2n) is 3.97. The molecule has 18 heavy (non-hydrogen) atoms. The Bertz CT molecular complexity index is 566. The van der Waals surface area contributed by atoms with Crippen LogP contribution in [-0.2, 0) is 11.3 Å². The van der Waals surface area contributed by atoms with E-state index in [1.807, 2.05) is 36.4 Å². The van der Waals surface area contributed by atoms with Crippen molar-refractivity contribution in [3.8, 4) is 5.75 Å². The number of hydrogen-bond donors (Lipinski definition) is 2. The second-order valence-corrected chi connectivity index (χ2v) is 3.97. The summed E-state index contributed by atoms with van der Waals surface area (Å²) in [6.45, 7) is 0.483. The zero-order valence-electron chi connectivity index (χ0n) is 10.1. The number of nitrogens with one attached hydrogen (secondary N) is 1. The van der Waals surface area contributed by atoms with E-state index in [2.05, 4.69) is 5.32 Å². The van der Waals surface area contributed by atoms with Gasteiger partial charge in [0.1, 0.15) is 5.75 Å². The zero-order chi connectivity index (χ0) is 13.0. The lowest BCUT2D eigenvalue weighted by atomic mass is 10.0. The smallest absolute Gasteiger partial charge is 0.317 e. The van der Waals surface area contributed by atoms with Crippen molar-refractivity contribution in [2.45, 2.75) is 6.54 Å². The summed E-state index contributed by atoms with van der Waals surface area (Å²) < 4.78 is 5.31. The van der Waals surface area contributed by atoms with Crippen LogP contribution in [0.3, 0.4) is 0 Å². The number of benzene rings is 2. The molecule has 2 N–H and O–H groups in total. The summed E-state index contributed by atoms with van der Waals surface area (Å²) in [5, 5.41) is 13.6. The first-order chi connectivity index (χ1) is 8.72. The molecule has 0 unspecified atom stereocenters. The molecule has 0 aliphatic rings. The predicted octanol–water partition coefficient (Wildman–Crippen LogP) is 2.02. The Kier molecular flexibility index (Phi) is 3.79. The summed E-state index contributed by atoms with van der Waals surface area (Å²) in [6.07, 6.45) is 0. The van der Waals surface area contributed by atoms with Crippen molar-refractivity contribution in [1.82, 2.24) is 5.32 Å². The van der Waals surface area contributed by atoms with E-state index in [0.29, 0.717) is 6.54 Å². The van der Waals surface area contributed by atoms with Gasteiger partial charge in [-0.25, -0.2) is 0 Å². The molecule has 0 amide bonds. The average molecular weight is 245 g/mol. The van der Waals surface area contributed by atoms with Crippen LogP contribution in [0.2, 0.25) is 0 Å². The third kappa shape index (κ3) is 2.60. The van der Waals surface area contributed by atoms with Gasteiger partial charge in [0.2, 0.25) is 0 Å². The van der Waals surface area contributed by atoms with Crippen LogP contribution in [0.5, 0.6) is 5.75 Å². The Balaban J connectivity index is 2.31. The summed E-state index contributed by atoms with van der Waals surface area (Å²) in [5.41, 5.74) is 1.06. The van der Waals surface area contributed by atoms with Crippen molar-refractivity contribution >= 4 is 16.7 Å². The molecule has 0 aliphatic heterocycles. The molecule has 0 radical (unpaired) electrons. The molecule has 0 aromatic heterocycles. The fraction of sp³-hybridized carbons (Fsp3) is 0.214. The monoisotopic (exact) mass is 245 g/mol. The Morgan fingerprint density at radius 3 is 2.61 bits per heavy atom. The van der Waals surface area contributed by atoms with Gasteiger partial charge in [-0.15, -0.1) is 0 Å². The van der Waals surface area contributed by atoms with Gasteiger partial charge in [0.25, 0.3) is 0 Å². The number of aliphatic carboxylic acids is 1. The van der Waals surface area contributed by atoms with Crippen LogP contribution in [0.25, 0.3) is 10.8 Å². The molecule has 0 fully saturated rings. The molecule has 2 aromatic carbocycles. The average Bonchev–Trinajstić information content (AvgIpc) is 2.38. The summed E-state index contributed by atoms with van der Waals surface area (Å²) >= 11 is 0. The standard InChI is InChI=1S/C14H15NO3/c1-18-13-7-6-10(8-15-9-14(16)17)11-4-2-3-5-12(11)13/h2-7,15H,8-9H2,1H3,(H,16,17). The molecule has 0 saturated carbocycles. The maximum absolute atomic E-state index is 10.5. The number of fused-ring (bicyclic) bond motifs is 1. The van der Waals surface area contributed by atoms with E-state index < -0.39 is 5.97 Å². The largest absolute Gasteiger partial charge is 0.496 e. The van der Waals surface area contributed by atoms with E-state index >= 15 is 0 Å². The minimum Gasteiger partial charge on any atom is -0.496 e. The second kappa shape index (κ2) is 5.51. The van der Waals surface area contributed by atoms with Crippen LogP contribution in [0, 0.1) is 0 Å². The van der Waals surface area contributed by atoms with Crippen molar-refractivity contribution in [1.29, 1.82) is 0 Å². The Morgan fingerprint density at radius 2 is 1.94 bits per heavy atom. The number of rotatable bonds is 5. The van der Waals surface area contributed by atoms with Gasteiger partial charge in [0.15, 0.2) is 0 Å². The summed E-state index contributed by atoms with van der Waals surface area (Å²) in [7, 11) is 1.64. The normalized spacial score (nSPS) is 10.5. The molecular weight excluding hydrogens is 230 g/mol. The molecule has 4 nitrogen and oxygen atoms in total. The van der Waals surface area contributed by atoms with Gasteiger partial charge in [0, 0.05) is 11.9 Å². The highest BCUT2D eigenvalue weighted by Crippen LogP contribution is 2.28. The number of carboxylic acid groups (broad SMARTS) is 1.